The largest absolute Gasteiger partial charge is 0.543 e. The summed E-state index contributed by atoms with van der Waals surface area (Å²) >= 11 is 4.42. The average Bonchev–Trinajstić information content (AvgIpc) is 2.09. The molecule has 0 aliphatic heterocycles. The summed E-state index contributed by atoms with van der Waals surface area (Å²) < 4.78 is 7.98. The first kappa shape index (κ1) is 13.4. The first-order valence-corrected chi connectivity index (χ1v) is 10.0. The van der Waals surface area contributed by atoms with Crippen LogP contribution in [-0.4, -0.2) is 14.6 Å². The fraction of sp³-hybridized carbons (Fsp3) is 0.300. The van der Waals surface area contributed by atoms with Gasteiger partial charge in [0.15, 0.2) is 0 Å². The van der Waals surface area contributed by atoms with Crippen molar-refractivity contribution in [3.05, 3.63) is 24.8 Å². The molecule has 2 nitrogen and oxygen atoms in total. The van der Waals surface area contributed by atoms with Crippen molar-refractivity contribution in [2.75, 3.05) is 0 Å². The lowest BCUT2D eigenvalue weighted by molar-refractivity contribution is 0.112. The zero-order valence-corrected chi connectivity index (χ0v) is 14.1. The summed E-state index contributed by atoms with van der Waals surface area (Å²) in [6, 6.07) is 3.70. The second-order valence-corrected chi connectivity index (χ2v) is 10.9. The molecule has 0 unspecified atom stereocenters. The van der Waals surface area contributed by atoms with E-state index in [2.05, 4.69) is 64.8 Å². The van der Waals surface area contributed by atoms with Gasteiger partial charge in [0, 0.05) is 5.56 Å². The van der Waals surface area contributed by atoms with Crippen LogP contribution in [0.4, 0.5) is 0 Å². The van der Waals surface area contributed by atoms with Crippen LogP contribution in [0.15, 0.2) is 12.1 Å². The molecule has 0 spiro atoms. The Hall–Kier alpha value is 0.367. The summed E-state index contributed by atoms with van der Waals surface area (Å²) in [6.45, 7) is 6.44. The van der Waals surface area contributed by atoms with Crippen molar-refractivity contribution in [2.45, 2.75) is 19.6 Å². The van der Waals surface area contributed by atoms with Gasteiger partial charge >= 0.3 is 0 Å². The van der Waals surface area contributed by atoms with E-state index in [1.807, 2.05) is 12.1 Å². The zero-order valence-electron chi connectivity index (χ0n) is 8.80. The number of hydrogen-bond acceptors (Lipinski definition) is 2. The molecule has 0 saturated carbocycles. The quantitative estimate of drug-likeness (QED) is 0.400. The Kier molecular flexibility index (Phi) is 4.59. The number of aldehydes is 1. The summed E-state index contributed by atoms with van der Waals surface area (Å²) in [5, 5.41) is 0. The number of carbonyl (C=O) groups excluding carboxylic acids is 1. The van der Waals surface area contributed by atoms with E-state index in [-0.39, 0.29) is 0 Å². The molecule has 0 N–H and O–H groups in total. The van der Waals surface area contributed by atoms with E-state index in [9.17, 15) is 4.79 Å². The van der Waals surface area contributed by atoms with Crippen molar-refractivity contribution < 1.29 is 9.22 Å². The van der Waals surface area contributed by atoms with Gasteiger partial charge in [-0.2, -0.15) is 0 Å². The third-order valence-corrected chi connectivity index (χ3v) is 3.98. The normalized spacial score (nSPS) is 11.3. The van der Waals surface area contributed by atoms with Gasteiger partial charge in [-0.15, -0.1) is 0 Å². The highest BCUT2D eigenvalue weighted by atomic mass is 127. The summed E-state index contributed by atoms with van der Waals surface area (Å²) in [5.74, 6) is 0.918. The van der Waals surface area contributed by atoms with Crippen LogP contribution in [0, 0.1) is 7.14 Å². The number of halogens is 2. The van der Waals surface area contributed by atoms with Crippen LogP contribution in [0.25, 0.3) is 0 Å². The molecule has 1 aromatic rings. The number of rotatable bonds is 3. The monoisotopic (exact) mass is 446 g/mol. The highest BCUT2D eigenvalue weighted by Gasteiger charge is 2.19. The second-order valence-electron chi connectivity index (χ2n) is 4.15. The average molecular weight is 446 g/mol. The van der Waals surface area contributed by atoms with E-state index in [1.54, 1.807) is 0 Å². The molecule has 82 valence electrons. The standard InChI is InChI=1S/C10H12I2O2Si/c1-15(2,3)14-10-8(11)4-7(6-13)5-9(10)12/h4-6H,1-3H3. The van der Waals surface area contributed by atoms with Crippen molar-refractivity contribution in [3.63, 3.8) is 0 Å². The lowest BCUT2D eigenvalue weighted by Crippen LogP contribution is -2.30. The molecule has 0 aliphatic rings. The minimum atomic E-state index is -1.59. The van der Waals surface area contributed by atoms with Crippen molar-refractivity contribution in [1.29, 1.82) is 0 Å². The summed E-state index contributed by atoms with van der Waals surface area (Å²) in [7, 11) is -1.59. The Balaban J connectivity index is 3.14. The van der Waals surface area contributed by atoms with Crippen molar-refractivity contribution in [2.24, 2.45) is 0 Å². The van der Waals surface area contributed by atoms with Crippen LogP contribution >= 0.6 is 45.2 Å². The molecule has 0 aromatic heterocycles. The maximum absolute atomic E-state index is 10.7. The molecular formula is C10H12I2O2Si. The van der Waals surface area contributed by atoms with Gasteiger partial charge in [-0.3, -0.25) is 4.79 Å². The van der Waals surface area contributed by atoms with E-state index < -0.39 is 8.32 Å². The number of hydrogen-bond donors (Lipinski definition) is 0. The van der Waals surface area contributed by atoms with Crippen LogP contribution in [0.2, 0.25) is 19.6 Å². The predicted molar refractivity (Wildman–Crippen MR) is 81.2 cm³/mol. The number of benzene rings is 1. The number of carbonyl (C=O) groups is 1. The Labute approximate surface area is 118 Å². The third-order valence-electron chi connectivity index (χ3n) is 1.56. The van der Waals surface area contributed by atoms with Gasteiger partial charge in [0.05, 0.1) is 7.14 Å². The predicted octanol–water partition coefficient (Wildman–Crippen LogP) is 3.92. The summed E-state index contributed by atoms with van der Waals surface area (Å²) in [5.41, 5.74) is 0.701. The van der Waals surface area contributed by atoms with Gasteiger partial charge in [-0.05, 0) is 77.0 Å². The van der Waals surface area contributed by atoms with Gasteiger partial charge < -0.3 is 4.43 Å². The van der Waals surface area contributed by atoms with Gasteiger partial charge in [-0.25, -0.2) is 0 Å². The summed E-state index contributed by atoms with van der Waals surface area (Å²) in [6.07, 6.45) is 0.864. The van der Waals surface area contributed by atoms with E-state index >= 15 is 0 Å². The van der Waals surface area contributed by atoms with E-state index in [0.717, 1.165) is 19.2 Å². The topological polar surface area (TPSA) is 26.3 Å². The molecule has 0 heterocycles. The molecule has 0 radical (unpaired) electrons. The molecule has 0 aliphatic carbocycles. The van der Waals surface area contributed by atoms with Crippen molar-refractivity contribution in [3.8, 4) is 5.75 Å². The zero-order chi connectivity index (χ0) is 11.6. The molecule has 0 saturated heterocycles. The van der Waals surface area contributed by atoms with Crippen molar-refractivity contribution in [1.82, 2.24) is 0 Å². The third kappa shape index (κ3) is 4.02. The van der Waals surface area contributed by atoms with Crippen LogP contribution < -0.4 is 4.43 Å². The van der Waals surface area contributed by atoms with Crippen LogP contribution in [0.1, 0.15) is 10.4 Å². The molecular weight excluding hydrogens is 434 g/mol. The minimum Gasteiger partial charge on any atom is -0.543 e. The second kappa shape index (κ2) is 5.13. The maximum Gasteiger partial charge on any atom is 0.242 e. The SMILES string of the molecule is C[Si](C)(C)Oc1c(I)cc(C=O)cc1I. The van der Waals surface area contributed by atoms with Gasteiger partial charge in [0.2, 0.25) is 8.32 Å². The lowest BCUT2D eigenvalue weighted by Gasteiger charge is -2.21. The molecule has 0 amide bonds. The van der Waals surface area contributed by atoms with Crippen LogP contribution in [-0.2, 0) is 0 Å². The highest BCUT2D eigenvalue weighted by molar-refractivity contribution is 14.1. The van der Waals surface area contributed by atoms with E-state index in [4.69, 9.17) is 4.43 Å². The molecule has 15 heavy (non-hydrogen) atoms. The molecule has 1 rings (SSSR count). The fourth-order valence-electron chi connectivity index (χ4n) is 1.05. The van der Waals surface area contributed by atoms with E-state index in [0.29, 0.717) is 5.56 Å². The van der Waals surface area contributed by atoms with Gasteiger partial charge in [0.1, 0.15) is 12.0 Å². The first-order valence-electron chi connectivity index (χ1n) is 4.47. The Bertz CT molecular complexity index is 362. The Morgan fingerprint density at radius 1 is 1.20 bits per heavy atom. The summed E-state index contributed by atoms with van der Waals surface area (Å²) in [4.78, 5) is 10.7. The van der Waals surface area contributed by atoms with Crippen molar-refractivity contribution >= 4 is 59.8 Å². The molecule has 0 atom stereocenters. The molecule has 5 heteroatoms. The van der Waals surface area contributed by atoms with Gasteiger partial charge in [0.25, 0.3) is 0 Å². The van der Waals surface area contributed by atoms with Crippen LogP contribution in [0.3, 0.4) is 0 Å². The molecule has 0 fully saturated rings. The highest BCUT2D eigenvalue weighted by Crippen LogP contribution is 2.30. The molecule has 1 aromatic carbocycles. The Morgan fingerprint density at radius 2 is 1.67 bits per heavy atom. The fourth-order valence-corrected chi connectivity index (χ4v) is 4.34. The van der Waals surface area contributed by atoms with E-state index in [1.165, 1.54) is 0 Å². The smallest absolute Gasteiger partial charge is 0.242 e. The van der Waals surface area contributed by atoms with Crippen LogP contribution in [0.5, 0.6) is 5.75 Å². The molecule has 0 bridgehead atoms. The maximum atomic E-state index is 10.7. The lowest BCUT2D eigenvalue weighted by atomic mass is 10.2. The van der Waals surface area contributed by atoms with Gasteiger partial charge in [-0.1, -0.05) is 0 Å². The minimum absolute atomic E-state index is 0.701. The first-order chi connectivity index (χ1) is 6.83. The Morgan fingerprint density at radius 3 is 2.00 bits per heavy atom.